The maximum absolute atomic E-state index is 3.89. The molecule has 1 aromatic rings. The van der Waals surface area contributed by atoms with Crippen molar-refractivity contribution in [1.82, 2.24) is 5.32 Å². The van der Waals surface area contributed by atoms with Crippen LogP contribution in [0.25, 0.3) is 0 Å². The van der Waals surface area contributed by atoms with Crippen LogP contribution in [0, 0.1) is 30.1 Å². The molecule has 0 aromatic carbocycles. The highest BCUT2D eigenvalue weighted by molar-refractivity contribution is 7.10. The number of rotatable bonds is 4. The first-order chi connectivity index (χ1) is 9.70. The third kappa shape index (κ3) is 1.99. The average molecular weight is 289 g/mol. The Morgan fingerprint density at radius 2 is 1.80 bits per heavy atom. The molecular weight excluding hydrogens is 262 g/mol. The first kappa shape index (κ1) is 13.3. The van der Waals surface area contributed by atoms with Gasteiger partial charge in [-0.05, 0) is 92.2 Å². The van der Waals surface area contributed by atoms with E-state index in [1.807, 2.05) is 11.3 Å². The Balaban J connectivity index is 1.71. The van der Waals surface area contributed by atoms with Gasteiger partial charge in [-0.15, -0.1) is 11.3 Å². The van der Waals surface area contributed by atoms with Crippen molar-refractivity contribution in [3.05, 3.63) is 21.9 Å². The fraction of sp³-hybridized carbons (Fsp3) is 0.778. The van der Waals surface area contributed by atoms with E-state index < -0.39 is 0 Å². The zero-order valence-electron chi connectivity index (χ0n) is 12.8. The van der Waals surface area contributed by atoms with Crippen LogP contribution in [-0.4, -0.2) is 6.54 Å². The average Bonchev–Trinajstić information content (AvgIpc) is 2.80. The van der Waals surface area contributed by atoms with Crippen molar-refractivity contribution in [2.45, 2.75) is 58.4 Å². The topological polar surface area (TPSA) is 12.0 Å². The summed E-state index contributed by atoms with van der Waals surface area (Å²) in [5.74, 6) is 3.13. The summed E-state index contributed by atoms with van der Waals surface area (Å²) < 4.78 is 0. The lowest BCUT2D eigenvalue weighted by atomic mass is 9.47. The summed E-state index contributed by atoms with van der Waals surface area (Å²) in [6.07, 6.45) is 9.11. The minimum absolute atomic E-state index is 0.584. The van der Waals surface area contributed by atoms with Gasteiger partial charge in [0, 0.05) is 10.9 Å². The lowest BCUT2D eigenvalue weighted by Crippen LogP contribution is -2.51. The van der Waals surface area contributed by atoms with Crippen LogP contribution >= 0.6 is 11.3 Å². The molecule has 4 saturated carbocycles. The molecule has 110 valence electrons. The Morgan fingerprint density at radius 1 is 1.20 bits per heavy atom. The predicted octanol–water partition coefficient (Wildman–Crippen LogP) is 4.92. The van der Waals surface area contributed by atoms with Crippen LogP contribution < -0.4 is 5.32 Å². The molecule has 0 saturated heterocycles. The summed E-state index contributed by atoms with van der Waals surface area (Å²) in [6, 6.07) is 2.94. The highest BCUT2D eigenvalue weighted by Crippen LogP contribution is 2.64. The number of hydrogen-bond donors (Lipinski definition) is 1. The second-order valence-electron chi connectivity index (χ2n) is 7.74. The molecule has 1 nitrogen and oxygen atoms in total. The molecule has 20 heavy (non-hydrogen) atoms. The van der Waals surface area contributed by atoms with Gasteiger partial charge in [-0.1, -0.05) is 6.92 Å². The summed E-state index contributed by atoms with van der Waals surface area (Å²) in [4.78, 5) is 1.63. The zero-order valence-corrected chi connectivity index (χ0v) is 13.6. The van der Waals surface area contributed by atoms with Gasteiger partial charge in [0.25, 0.3) is 0 Å². The lowest BCUT2D eigenvalue weighted by Gasteiger charge is -2.59. The van der Waals surface area contributed by atoms with E-state index in [-0.39, 0.29) is 0 Å². The van der Waals surface area contributed by atoms with Gasteiger partial charge in [-0.3, -0.25) is 0 Å². The van der Waals surface area contributed by atoms with Crippen molar-refractivity contribution < 1.29 is 0 Å². The Kier molecular flexibility index (Phi) is 3.23. The van der Waals surface area contributed by atoms with Crippen LogP contribution in [0.15, 0.2) is 11.4 Å². The van der Waals surface area contributed by atoms with Gasteiger partial charge in [0.15, 0.2) is 0 Å². The molecule has 1 atom stereocenters. The van der Waals surface area contributed by atoms with Gasteiger partial charge in [0.2, 0.25) is 0 Å². The van der Waals surface area contributed by atoms with Crippen molar-refractivity contribution in [1.29, 1.82) is 0 Å². The molecule has 4 fully saturated rings. The van der Waals surface area contributed by atoms with Crippen LogP contribution in [0.1, 0.15) is 61.9 Å². The third-order valence-electron chi connectivity index (χ3n) is 6.27. The maximum atomic E-state index is 3.89. The lowest BCUT2D eigenvalue weighted by molar-refractivity contribution is -0.0740. The van der Waals surface area contributed by atoms with Crippen LogP contribution in [0.2, 0.25) is 0 Å². The van der Waals surface area contributed by atoms with Crippen LogP contribution in [0.3, 0.4) is 0 Å². The Hall–Kier alpha value is -0.340. The van der Waals surface area contributed by atoms with Gasteiger partial charge < -0.3 is 5.32 Å². The Bertz CT molecular complexity index is 454. The van der Waals surface area contributed by atoms with Crippen molar-refractivity contribution in [2.24, 2.45) is 23.2 Å². The van der Waals surface area contributed by atoms with E-state index >= 15 is 0 Å². The predicted molar refractivity (Wildman–Crippen MR) is 86.1 cm³/mol. The number of thiophene rings is 1. The van der Waals surface area contributed by atoms with Gasteiger partial charge in [-0.25, -0.2) is 0 Å². The molecule has 4 bridgehead atoms. The minimum Gasteiger partial charge on any atom is -0.309 e. The summed E-state index contributed by atoms with van der Waals surface area (Å²) in [6.45, 7) is 5.68. The molecule has 4 aliphatic carbocycles. The highest BCUT2D eigenvalue weighted by atomic mass is 32.1. The summed E-state index contributed by atoms with van der Waals surface area (Å²) >= 11 is 1.98. The van der Waals surface area contributed by atoms with E-state index in [0.29, 0.717) is 11.5 Å². The molecule has 0 aliphatic heterocycles. The molecule has 1 N–H and O–H groups in total. The fourth-order valence-corrected chi connectivity index (χ4v) is 7.14. The summed E-state index contributed by atoms with van der Waals surface area (Å²) in [5.41, 5.74) is 2.09. The van der Waals surface area contributed by atoms with Gasteiger partial charge in [-0.2, -0.15) is 0 Å². The van der Waals surface area contributed by atoms with Crippen molar-refractivity contribution in [3.8, 4) is 0 Å². The molecule has 4 aliphatic rings. The number of hydrogen-bond acceptors (Lipinski definition) is 2. The molecule has 0 amide bonds. The Labute approximate surface area is 127 Å². The van der Waals surface area contributed by atoms with Gasteiger partial charge in [0.1, 0.15) is 0 Å². The fourth-order valence-electron chi connectivity index (χ4n) is 6.00. The molecular formula is C18H27NS. The molecule has 0 radical (unpaired) electrons. The number of nitrogens with one attached hydrogen (secondary N) is 1. The van der Waals surface area contributed by atoms with E-state index in [9.17, 15) is 0 Å². The van der Waals surface area contributed by atoms with E-state index in [2.05, 4.69) is 30.6 Å². The first-order valence-electron chi connectivity index (χ1n) is 8.47. The zero-order chi connectivity index (χ0) is 13.7. The largest absolute Gasteiger partial charge is 0.309 e. The highest BCUT2D eigenvalue weighted by Gasteiger charge is 2.54. The van der Waals surface area contributed by atoms with Gasteiger partial charge in [0.05, 0.1) is 0 Å². The van der Waals surface area contributed by atoms with Crippen LogP contribution in [-0.2, 0) is 0 Å². The van der Waals surface area contributed by atoms with Crippen molar-refractivity contribution in [3.63, 3.8) is 0 Å². The molecule has 1 heterocycles. The quantitative estimate of drug-likeness (QED) is 0.829. The van der Waals surface area contributed by atoms with E-state index in [4.69, 9.17) is 0 Å². The standard InChI is InChI=1S/C18H27NS/c1-3-19-17(16-12(2)4-5-20-16)18-9-13-6-14(10-18)8-15(7-13)11-18/h4-5,13-15,17,19H,3,6-11H2,1-2H3. The van der Waals surface area contributed by atoms with E-state index in [1.165, 1.54) is 24.8 Å². The summed E-state index contributed by atoms with van der Waals surface area (Å²) in [5, 5.41) is 6.18. The molecule has 1 unspecified atom stereocenters. The summed E-state index contributed by atoms with van der Waals surface area (Å²) in [7, 11) is 0. The van der Waals surface area contributed by atoms with Crippen LogP contribution in [0.4, 0.5) is 0 Å². The van der Waals surface area contributed by atoms with E-state index in [0.717, 1.165) is 24.3 Å². The molecule has 2 heteroatoms. The normalized spacial score (nSPS) is 40.2. The Morgan fingerprint density at radius 3 is 2.25 bits per heavy atom. The first-order valence-corrected chi connectivity index (χ1v) is 9.35. The molecule has 1 aromatic heterocycles. The smallest absolute Gasteiger partial charge is 0.0474 e. The molecule has 0 spiro atoms. The van der Waals surface area contributed by atoms with Crippen LogP contribution in [0.5, 0.6) is 0 Å². The van der Waals surface area contributed by atoms with Crippen molar-refractivity contribution >= 4 is 11.3 Å². The SMILES string of the molecule is CCNC(c1sccc1C)C12CC3CC(CC(C3)C1)C2. The third-order valence-corrected chi connectivity index (χ3v) is 7.35. The minimum atomic E-state index is 0.584. The second kappa shape index (κ2) is 4.84. The maximum Gasteiger partial charge on any atom is 0.0474 e. The monoisotopic (exact) mass is 289 g/mol. The van der Waals surface area contributed by atoms with Crippen molar-refractivity contribution in [2.75, 3.05) is 6.54 Å². The number of aryl methyl sites for hydroxylation is 1. The van der Waals surface area contributed by atoms with E-state index in [1.54, 1.807) is 24.1 Å². The second-order valence-corrected chi connectivity index (χ2v) is 8.69. The molecule has 5 rings (SSSR count). The van der Waals surface area contributed by atoms with Gasteiger partial charge >= 0.3 is 0 Å².